The highest BCUT2D eigenvalue weighted by atomic mass is 16.5. The first-order valence-electron chi connectivity index (χ1n) is 12.8. The first-order chi connectivity index (χ1) is 18.5. The Morgan fingerprint density at radius 1 is 1.00 bits per heavy atom. The van der Waals surface area contributed by atoms with Crippen LogP contribution in [0.25, 0.3) is 6.08 Å². The maximum absolute atomic E-state index is 12.6. The molecule has 0 unspecified atom stereocenters. The van der Waals surface area contributed by atoms with Gasteiger partial charge in [0.2, 0.25) is 0 Å². The van der Waals surface area contributed by atoms with Crippen LogP contribution in [-0.4, -0.2) is 105 Å². The van der Waals surface area contributed by atoms with E-state index in [1.165, 1.54) is 6.08 Å². The second-order valence-corrected chi connectivity index (χ2v) is 9.08. The van der Waals surface area contributed by atoms with E-state index in [4.69, 9.17) is 9.47 Å². The number of amides is 3. The molecule has 2 saturated heterocycles. The molecule has 4 rings (SSSR count). The third kappa shape index (κ3) is 8.02. The lowest BCUT2D eigenvalue weighted by atomic mass is 10.1. The summed E-state index contributed by atoms with van der Waals surface area (Å²) < 4.78 is 10.5. The van der Waals surface area contributed by atoms with Crippen molar-refractivity contribution in [3.63, 3.8) is 0 Å². The van der Waals surface area contributed by atoms with Crippen molar-refractivity contribution in [1.82, 2.24) is 20.1 Å². The Morgan fingerprint density at radius 2 is 1.74 bits per heavy atom. The lowest BCUT2D eigenvalue weighted by Crippen LogP contribution is -2.51. The summed E-state index contributed by atoms with van der Waals surface area (Å²) in [5, 5.41) is 5.37. The van der Waals surface area contributed by atoms with Crippen LogP contribution in [0.2, 0.25) is 0 Å². The summed E-state index contributed by atoms with van der Waals surface area (Å²) >= 11 is 0. The maximum Gasteiger partial charge on any atom is 0.411 e. The Balaban J connectivity index is 1.18. The molecule has 1 aromatic carbocycles. The fraction of sp³-hybridized carbons (Fsp3) is 0.407. The topological polar surface area (TPSA) is 116 Å². The number of morpholine rings is 1. The highest BCUT2D eigenvalue weighted by Crippen LogP contribution is 2.15. The zero-order valence-corrected chi connectivity index (χ0v) is 21.6. The number of ketones is 1. The van der Waals surface area contributed by atoms with E-state index in [2.05, 4.69) is 25.4 Å². The van der Waals surface area contributed by atoms with Crippen LogP contribution >= 0.6 is 0 Å². The molecule has 0 bridgehead atoms. The Hall–Kier alpha value is -3.96. The Kier molecular flexibility index (Phi) is 9.65. The highest BCUT2D eigenvalue weighted by Gasteiger charge is 2.18. The van der Waals surface area contributed by atoms with Crippen LogP contribution in [0.4, 0.5) is 21.1 Å². The maximum atomic E-state index is 12.6. The molecule has 11 heteroatoms. The van der Waals surface area contributed by atoms with Gasteiger partial charge in [0.25, 0.3) is 0 Å². The molecular weight excluding hydrogens is 488 g/mol. The molecule has 2 fully saturated rings. The second-order valence-electron chi connectivity index (χ2n) is 9.08. The van der Waals surface area contributed by atoms with E-state index in [0.29, 0.717) is 43.2 Å². The molecule has 0 atom stereocenters. The molecule has 3 amide bonds. The van der Waals surface area contributed by atoms with Gasteiger partial charge in [-0.2, -0.15) is 0 Å². The van der Waals surface area contributed by atoms with Crippen LogP contribution in [0, 0.1) is 0 Å². The lowest BCUT2D eigenvalue weighted by Gasteiger charge is -2.32. The van der Waals surface area contributed by atoms with Gasteiger partial charge in [-0.05, 0) is 55.6 Å². The van der Waals surface area contributed by atoms with Gasteiger partial charge in [0, 0.05) is 50.5 Å². The Bertz CT molecular complexity index is 1130. The number of piperazine rings is 1. The molecule has 2 aliphatic rings. The van der Waals surface area contributed by atoms with E-state index in [-0.39, 0.29) is 25.0 Å². The number of urea groups is 1. The van der Waals surface area contributed by atoms with Crippen molar-refractivity contribution in [2.45, 2.75) is 0 Å². The van der Waals surface area contributed by atoms with Crippen LogP contribution in [0.5, 0.6) is 0 Å². The van der Waals surface area contributed by atoms with Gasteiger partial charge in [0.15, 0.2) is 5.78 Å². The molecule has 3 heterocycles. The van der Waals surface area contributed by atoms with E-state index >= 15 is 0 Å². The van der Waals surface area contributed by atoms with Gasteiger partial charge in [0.1, 0.15) is 12.4 Å². The molecule has 202 valence electrons. The third-order valence-corrected chi connectivity index (χ3v) is 6.31. The summed E-state index contributed by atoms with van der Waals surface area (Å²) in [7, 11) is 2.02. The fourth-order valence-electron chi connectivity index (χ4n) is 4.05. The van der Waals surface area contributed by atoms with Gasteiger partial charge in [-0.3, -0.25) is 10.1 Å². The number of hydrogen-bond donors (Lipinski definition) is 2. The summed E-state index contributed by atoms with van der Waals surface area (Å²) in [5.74, 6) is 0.691. The van der Waals surface area contributed by atoms with Gasteiger partial charge in [-0.15, -0.1) is 0 Å². The number of carbonyl (C=O) groups excluding carboxylic acids is 3. The number of nitrogens with zero attached hydrogens (tertiary/aromatic N) is 4. The molecule has 0 saturated carbocycles. The standard InChI is InChI=1S/C27H34N6O5/c1-31-12-14-33(15-13-31)26(35)28-11-18-38-27(36)30-23-7-5-21(6-8-23)24(34)10-9-22-3-2-4-25(29-22)32-16-19-37-20-17-32/h2-10H,11-20H2,1H3,(H,28,35)(H,30,36)/b10-9+. The number of anilines is 2. The van der Waals surface area contributed by atoms with Crippen molar-refractivity contribution < 1.29 is 23.9 Å². The zero-order valence-electron chi connectivity index (χ0n) is 21.6. The van der Waals surface area contributed by atoms with Crippen molar-refractivity contribution in [3.05, 3.63) is 59.8 Å². The van der Waals surface area contributed by atoms with Crippen molar-refractivity contribution in [2.24, 2.45) is 0 Å². The number of ether oxygens (including phenoxy) is 2. The van der Waals surface area contributed by atoms with Crippen molar-refractivity contribution in [3.8, 4) is 0 Å². The van der Waals surface area contributed by atoms with Crippen LogP contribution in [0.15, 0.2) is 48.5 Å². The minimum absolute atomic E-state index is 0.0491. The molecule has 2 aromatic rings. The van der Waals surface area contributed by atoms with Crippen molar-refractivity contribution >= 4 is 35.5 Å². The number of hydrogen-bond acceptors (Lipinski definition) is 8. The quantitative estimate of drug-likeness (QED) is 0.308. The van der Waals surface area contributed by atoms with Crippen LogP contribution < -0.4 is 15.5 Å². The third-order valence-electron chi connectivity index (χ3n) is 6.31. The van der Waals surface area contributed by atoms with Crippen LogP contribution in [0.3, 0.4) is 0 Å². The average Bonchev–Trinajstić information content (AvgIpc) is 2.95. The molecule has 0 spiro atoms. The summed E-state index contributed by atoms with van der Waals surface area (Å²) in [6.07, 6.45) is 2.54. The van der Waals surface area contributed by atoms with Crippen molar-refractivity contribution in [2.75, 3.05) is 82.9 Å². The second kappa shape index (κ2) is 13.5. The first kappa shape index (κ1) is 27.1. The predicted octanol–water partition coefficient (Wildman–Crippen LogP) is 2.32. The van der Waals surface area contributed by atoms with Gasteiger partial charge in [0.05, 0.1) is 25.5 Å². The van der Waals surface area contributed by atoms with E-state index in [1.54, 1.807) is 35.2 Å². The highest BCUT2D eigenvalue weighted by molar-refractivity contribution is 6.07. The number of nitrogens with one attached hydrogen (secondary N) is 2. The number of carbonyl (C=O) groups is 3. The SMILES string of the molecule is CN1CCN(C(=O)NCCOC(=O)Nc2ccc(C(=O)/C=C/c3cccc(N4CCOCC4)n3)cc2)CC1. The summed E-state index contributed by atoms with van der Waals surface area (Å²) in [5.41, 5.74) is 1.68. The van der Waals surface area contributed by atoms with Crippen LogP contribution in [0.1, 0.15) is 16.1 Å². The molecule has 0 aliphatic carbocycles. The molecular formula is C27H34N6O5. The van der Waals surface area contributed by atoms with E-state index in [1.807, 2.05) is 25.2 Å². The van der Waals surface area contributed by atoms with E-state index < -0.39 is 6.09 Å². The Labute approximate surface area is 222 Å². The smallest absolute Gasteiger partial charge is 0.411 e. The molecule has 2 aliphatic heterocycles. The van der Waals surface area contributed by atoms with E-state index in [9.17, 15) is 14.4 Å². The van der Waals surface area contributed by atoms with Gasteiger partial charge >= 0.3 is 12.1 Å². The minimum atomic E-state index is -0.635. The largest absolute Gasteiger partial charge is 0.447 e. The molecule has 11 nitrogen and oxygen atoms in total. The molecule has 2 N–H and O–H groups in total. The fourth-order valence-corrected chi connectivity index (χ4v) is 4.05. The molecule has 38 heavy (non-hydrogen) atoms. The number of allylic oxidation sites excluding steroid dienone is 1. The Morgan fingerprint density at radius 3 is 2.47 bits per heavy atom. The predicted molar refractivity (Wildman–Crippen MR) is 145 cm³/mol. The summed E-state index contributed by atoms with van der Waals surface area (Å²) in [4.78, 5) is 47.5. The number of pyridine rings is 1. The lowest BCUT2D eigenvalue weighted by molar-refractivity contribution is 0.104. The van der Waals surface area contributed by atoms with Crippen LogP contribution in [-0.2, 0) is 9.47 Å². The number of aromatic nitrogens is 1. The first-order valence-corrected chi connectivity index (χ1v) is 12.8. The normalized spacial score (nSPS) is 16.3. The monoisotopic (exact) mass is 522 g/mol. The van der Waals surface area contributed by atoms with Crippen molar-refractivity contribution in [1.29, 1.82) is 0 Å². The number of benzene rings is 1. The average molecular weight is 523 g/mol. The van der Waals surface area contributed by atoms with Gasteiger partial charge < -0.3 is 29.5 Å². The minimum Gasteiger partial charge on any atom is -0.447 e. The summed E-state index contributed by atoms with van der Waals surface area (Å²) in [6.45, 7) is 6.25. The summed E-state index contributed by atoms with van der Waals surface area (Å²) in [6, 6.07) is 12.1. The molecule has 0 radical (unpaired) electrons. The van der Waals surface area contributed by atoms with E-state index in [0.717, 1.165) is 32.0 Å². The zero-order chi connectivity index (χ0) is 26.7. The van der Waals surface area contributed by atoms with Gasteiger partial charge in [-0.1, -0.05) is 6.07 Å². The number of rotatable bonds is 8. The van der Waals surface area contributed by atoms with Gasteiger partial charge in [-0.25, -0.2) is 14.6 Å². The number of likely N-dealkylation sites (N-methyl/N-ethyl adjacent to an activating group) is 1. The molecule has 1 aromatic heterocycles.